The molecule has 0 saturated carbocycles. The van der Waals surface area contributed by atoms with Gasteiger partial charge in [0.2, 0.25) is 0 Å². The summed E-state index contributed by atoms with van der Waals surface area (Å²) in [6.07, 6.45) is 0.252. The van der Waals surface area contributed by atoms with Crippen molar-refractivity contribution in [2.24, 2.45) is 0 Å². The molecule has 0 spiro atoms. The highest BCUT2D eigenvalue weighted by Gasteiger charge is 2.30. The average molecular weight is 407 g/mol. The second-order valence-corrected chi connectivity index (χ2v) is 7.24. The first-order valence-corrected chi connectivity index (χ1v) is 8.99. The van der Waals surface area contributed by atoms with E-state index in [1.807, 2.05) is 6.20 Å². The molecule has 0 unspecified atom stereocenters. The number of likely N-dealkylation sites (N-methyl/N-ethyl adjacent to an activating group) is 1. The van der Waals surface area contributed by atoms with E-state index in [0.29, 0.717) is 5.56 Å². The molecule has 0 bridgehead atoms. The predicted molar refractivity (Wildman–Crippen MR) is 111 cm³/mol. The Morgan fingerprint density at radius 3 is 2.61 bits per heavy atom. The van der Waals surface area contributed by atoms with Crippen LogP contribution in [0.3, 0.4) is 0 Å². The van der Waals surface area contributed by atoms with Gasteiger partial charge < -0.3 is 9.47 Å². The van der Waals surface area contributed by atoms with Crippen LogP contribution in [0.15, 0.2) is 42.5 Å². The number of hydrogen-bond donors (Lipinski definition) is 0. The fourth-order valence-electron chi connectivity index (χ4n) is 3.79. The highest BCUT2D eigenvalue weighted by Crippen LogP contribution is 2.33. The zero-order valence-corrected chi connectivity index (χ0v) is 16.6. The third-order valence-corrected chi connectivity index (χ3v) is 5.16. The molecule has 0 amide bonds. The summed E-state index contributed by atoms with van der Waals surface area (Å²) in [5, 5.41) is 1.23. The zero-order valence-electron chi connectivity index (χ0n) is 15.8. The van der Waals surface area contributed by atoms with Crippen LogP contribution in [0, 0.1) is 6.92 Å². The van der Waals surface area contributed by atoms with E-state index in [2.05, 4.69) is 41.6 Å². The number of hydrogen-bond acceptors (Lipinski definition) is 1. The van der Waals surface area contributed by atoms with Crippen LogP contribution >= 0.6 is 12.4 Å². The molecule has 28 heavy (non-hydrogen) atoms. The SMILES string of the molecule is Cc1ccc2c(c1)c1c(n2/C=C\c2cccc(C(F)(F)F)c2)CCN(C)C1.Cl. The molecule has 2 heterocycles. The Balaban J connectivity index is 0.00000225. The minimum Gasteiger partial charge on any atom is -0.320 e. The van der Waals surface area contributed by atoms with Crippen LogP contribution < -0.4 is 0 Å². The third kappa shape index (κ3) is 3.82. The number of benzene rings is 2. The second kappa shape index (κ2) is 7.64. The molecule has 0 fully saturated rings. The molecule has 1 aliphatic heterocycles. The lowest BCUT2D eigenvalue weighted by atomic mass is 10.0. The Morgan fingerprint density at radius 2 is 1.86 bits per heavy atom. The molecule has 0 saturated heterocycles. The van der Waals surface area contributed by atoms with E-state index in [4.69, 9.17) is 0 Å². The van der Waals surface area contributed by atoms with Crippen LogP contribution in [0.1, 0.15) is 27.9 Å². The lowest BCUT2D eigenvalue weighted by Crippen LogP contribution is -2.26. The Labute approximate surface area is 168 Å². The zero-order chi connectivity index (χ0) is 19.2. The highest BCUT2D eigenvalue weighted by atomic mass is 35.5. The van der Waals surface area contributed by atoms with Crippen molar-refractivity contribution in [2.75, 3.05) is 13.6 Å². The van der Waals surface area contributed by atoms with Crippen molar-refractivity contribution in [3.63, 3.8) is 0 Å². The fourth-order valence-corrected chi connectivity index (χ4v) is 3.79. The molecule has 1 aromatic heterocycles. The topological polar surface area (TPSA) is 8.17 Å². The van der Waals surface area contributed by atoms with Crippen molar-refractivity contribution in [1.29, 1.82) is 0 Å². The van der Waals surface area contributed by atoms with Gasteiger partial charge in [0.25, 0.3) is 0 Å². The summed E-state index contributed by atoms with van der Waals surface area (Å²) in [7, 11) is 2.11. The van der Waals surface area contributed by atoms with Gasteiger partial charge in [0.1, 0.15) is 0 Å². The molecule has 1 aliphatic rings. The van der Waals surface area contributed by atoms with Gasteiger partial charge in [-0.3, -0.25) is 0 Å². The highest BCUT2D eigenvalue weighted by molar-refractivity contribution is 5.89. The Kier molecular flexibility index (Phi) is 5.60. The maximum absolute atomic E-state index is 13.0. The Bertz CT molecular complexity index is 1030. The van der Waals surface area contributed by atoms with Crippen molar-refractivity contribution < 1.29 is 13.2 Å². The van der Waals surface area contributed by atoms with Gasteiger partial charge in [0.05, 0.1) is 11.1 Å². The van der Waals surface area contributed by atoms with Gasteiger partial charge >= 0.3 is 6.18 Å². The Hall–Kier alpha value is -2.24. The Morgan fingerprint density at radius 1 is 1.07 bits per heavy atom. The standard InChI is InChI=1S/C22H21F3N2.ClH/c1-15-6-7-20-18(12-15)19-14-26(2)10-9-21(19)27(20)11-8-16-4-3-5-17(13-16)22(23,24)25;/h3-8,11-13H,9-10,14H2,1-2H3;1H/b11-8-;. The number of halogens is 4. The van der Waals surface area contributed by atoms with Crippen LogP contribution in [-0.4, -0.2) is 23.1 Å². The predicted octanol–water partition coefficient (Wildman–Crippen LogP) is 6.01. The fraction of sp³-hybridized carbons (Fsp3) is 0.273. The molecule has 4 rings (SSSR count). The summed E-state index contributed by atoms with van der Waals surface area (Å²) in [5.74, 6) is 0. The van der Waals surface area contributed by atoms with Gasteiger partial charge in [-0.05, 0) is 55.4 Å². The first-order chi connectivity index (χ1) is 12.8. The van der Waals surface area contributed by atoms with Gasteiger partial charge in [-0.15, -0.1) is 12.4 Å². The summed E-state index contributed by atoms with van der Waals surface area (Å²) in [6.45, 7) is 3.94. The number of fused-ring (bicyclic) bond motifs is 3. The van der Waals surface area contributed by atoms with E-state index >= 15 is 0 Å². The van der Waals surface area contributed by atoms with E-state index in [-0.39, 0.29) is 12.4 Å². The number of aromatic nitrogens is 1. The van der Waals surface area contributed by atoms with Gasteiger partial charge in [0.15, 0.2) is 0 Å². The minimum absolute atomic E-state index is 0. The summed E-state index contributed by atoms with van der Waals surface area (Å²) >= 11 is 0. The molecule has 148 valence electrons. The first kappa shape index (κ1) is 20.5. The average Bonchev–Trinajstić information content (AvgIpc) is 2.92. The van der Waals surface area contributed by atoms with E-state index in [1.165, 1.54) is 34.3 Å². The number of aryl methyl sites for hydroxylation is 1. The van der Waals surface area contributed by atoms with Crippen molar-refractivity contribution in [1.82, 2.24) is 9.47 Å². The van der Waals surface area contributed by atoms with Crippen molar-refractivity contribution >= 4 is 35.6 Å². The van der Waals surface area contributed by atoms with Gasteiger partial charge in [0, 0.05) is 36.8 Å². The lowest BCUT2D eigenvalue weighted by molar-refractivity contribution is -0.137. The van der Waals surface area contributed by atoms with Crippen molar-refractivity contribution in [2.45, 2.75) is 26.1 Å². The van der Waals surface area contributed by atoms with Crippen molar-refractivity contribution in [3.05, 3.63) is 70.4 Å². The van der Waals surface area contributed by atoms with E-state index < -0.39 is 11.7 Å². The molecule has 0 atom stereocenters. The number of alkyl halides is 3. The molecule has 3 aromatic rings. The maximum atomic E-state index is 13.0. The molecule has 6 heteroatoms. The quantitative estimate of drug-likeness (QED) is 0.506. The molecule has 0 radical (unpaired) electrons. The molecule has 0 aliphatic carbocycles. The van der Waals surface area contributed by atoms with Crippen molar-refractivity contribution in [3.8, 4) is 0 Å². The first-order valence-electron chi connectivity index (χ1n) is 8.99. The summed E-state index contributed by atoms with van der Waals surface area (Å²) in [4.78, 5) is 2.30. The van der Waals surface area contributed by atoms with E-state index in [1.54, 1.807) is 12.1 Å². The summed E-state index contributed by atoms with van der Waals surface area (Å²) in [6, 6.07) is 11.8. The lowest BCUT2D eigenvalue weighted by Gasteiger charge is -2.23. The van der Waals surface area contributed by atoms with Crippen LogP contribution in [-0.2, 0) is 19.1 Å². The number of nitrogens with zero attached hydrogens (tertiary/aromatic N) is 2. The van der Waals surface area contributed by atoms with Gasteiger partial charge in [-0.1, -0.05) is 23.8 Å². The van der Waals surface area contributed by atoms with Crippen LogP contribution in [0.2, 0.25) is 0 Å². The van der Waals surface area contributed by atoms with Crippen LogP contribution in [0.25, 0.3) is 23.2 Å². The second-order valence-electron chi connectivity index (χ2n) is 7.24. The van der Waals surface area contributed by atoms with Gasteiger partial charge in [-0.2, -0.15) is 13.2 Å². The summed E-state index contributed by atoms with van der Waals surface area (Å²) < 4.78 is 41.0. The molecular formula is C22H22ClF3N2. The smallest absolute Gasteiger partial charge is 0.320 e. The normalized spacial score (nSPS) is 15.0. The van der Waals surface area contributed by atoms with Crippen LogP contribution in [0.5, 0.6) is 0 Å². The number of rotatable bonds is 2. The third-order valence-electron chi connectivity index (χ3n) is 5.16. The van der Waals surface area contributed by atoms with E-state index in [9.17, 15) is 13.2 Å². The minimum atomic E-state index is -4.33. The molecule has 0 N–H and O–H groups in total. The largest absolute Gasteiger partial charge is 0.416 e. The summed E-state index contributed by atoms with van der Waals surface area (Å²) in [5.41, 5.74) is 4.79. The molecular weight excluding hydrogens is 385 g/mol. The monoisotopic (exact) mass is 406 g/mol. The molecule has 2 nitrogen and oxygen atoms in total. The molecule has 2 aromatic carbocycles. The van der Waals surface area contributed by atoms with E-state index in [0.717, 1.165) is 31.1 Å². The van der Waals surface area contributed by atoms with Gasteiger partial charge in [-0.25, -0.2) is 0 Å². The van der Waals surface area contributed by atoms with Crippen LogP contribution in [0.4, 0.5) is 13.2 Å². The maximum Gasteiger partial charge on any atom is 0.416 e.